The van der Waals surface area contributed by atoms with E-state index in [9.17, 15) is 28.6 Å². The molecular formula is C17H30N3O9PS. The quantitative estimate of drug-likeness (QED) is 0.159. The van der Waals surface area contributed by atoms with E-state index in [2.05, 4.69) is 10.6 Å². The van der Waals surface area contributed by atoms with Crippen molar-refractivity contribution < 1.29 is 42.4 Å². The van der Waals surface area contributed by atoms with E-state index in [1.54, 1.807) is 13.8 Å². The Hall–Kier alpha value is -1.50. The number of likely N-dealkylation sites (N-methyl/N-ethyl adjacent to an activating group) is 1. The van der Waals surface area contributed by atoms with Gasteiger partial charge in [-0.2, -0.15) is 0 Å². The molecule has 0 aromatic carbocycles. The van der Waals surface area contributed by atoms with E-state index >= 15 is 0 Å². The molecule has 3 N–H and O–H groups in total. The fourth-order valence-corrected chi connectivity index (χ4v) is 4.06. The van der Waals surface area contributed by atoms with Crippen molar-refractivity contribution in [3.8, 4) is 0 Å². The summed E-state index contributed by atoms with van der Waals surface area (Å²) in [4.78, 5) is 58.4. The van der Waals surface area contributed by atoms with Gasteiger partial charge in [-0.05, 0) is 14.1 Å². The van der Waals surface area contributed by atoms with Crippen LogP contribution in [0.4, 0.5) is 0 Å². The molecule has 12 nitrogen and oxygen atoms in total. The van der Waals surface area contributed by atoms with Gasteiger partial charge in [-0.15, -0.1) is 0 Å². The van der Waals surface area contributed by atoms with Gasteiger partial charge in [0.05, 0.1) is 6.61 Å². The highest BCUT2D eigenvalue weighted by molar-refractivity contribution is 8.15. The van der Waals surface area contributed by atoms with Crippen molar-refractivity contribution in [3.63, 3.8) is 0 Å². The molecule has 2 amide bonds. The lowest BCUT2D eigenvalue weighted by Crippen LogP contribution is -2.49. The van der Waals surface area contributed by atoms with Crippen LogP contribution in [0.2, 0.25) is 0 Å². The lowest BCUT2D eigenvalue weighted by atomic mass is 9.87. The van der Waals surface area contributed by atoms with E-state index in [1.807, 2.05) is 19.0 Å². The van der Waals surface area contributed by atoms with Crippen LogP contribution in [0, 0.1) is 5.41 Å². The zero-order chi connectivity index (χ0) is 23.7. The first-order chi connectivity index (χ1) is 14.3. The van der Waals surface area contributed by atoms with E-state index in [4.69, 9.17) is 13.8 Å². The van der Waals surface area contributed by atoms with Crippen LogP contribution in [0.3, 0.4) is 0 Å². The lowest BCUT2D eigenvalue weighted by Gasteiger charge is -2.38. The Balaban J connectivity index is 2.22. The number of phosphoric ester groups is 1. The zero-order valence-electron chi connectivity index (χ0n) is 18.0. The summed E-state index contributed by atoms with van der Waals surface area (Å²) in [6.45, 7) is 3.94. The first kappa shape index (κ1) is 27.5. The summed E-state index contributed by atoms with van der Waals surface area (Å²) in [5, 5.41) is 4.32. The molecule has 1 aliphatic rings. The first-order valence-corrected chi connectivity index (χ1v) is 12.0. The van der Waals surface area contributed by atoms with Crippen LogP contribution in [0.1, 0.15) is 20.3 Å². The smallest absolute Gasteiger partial charge is 0.458 e. The minimum absolute atomic E-state index is 0.0124. The second kappa shape index (κ2) is 12.5. The Labute approximate surface area is 185 Å². The Morgan fingerprint density at radius 3 is 2.55 bits per heavy atom. The third-order valence-corrected chi connectivity index (χ3v) is 5.80. The Morgan fingerprint density at radius 1 is 1.23 bits per heavy atom. The normalized spacial score (nSPS) is 22.6. The number of carbonyl (C=O) groups is 4. The Kier molecular flexibility index (Phi) is 11.1. The van der Waals surface area contributed by atoms with Crippen LogP contribution in [-0.4, -0.2) is 91.5 Å². The molecule has 31 heavy (non-hydrogen) atoms. The molecule has 1 rings (SSSR count). The molecule has 1 heterocycles. The van der Waals surface area contributed by atoms with Crippen molar-refractivity contribution in [2.75, 3.05) is 52.7 Å². The second-order valence-electron chi connectivity index (χ2n) is 7.68. The molecule has 0 radical (unpaired) electrons. The first-order valence-electron chi connectivity index (χ1n) is 9.53. The molecule has 0 saturated carbocycles. The highest BCUT2D eigenvalue weighted by atomic mass is 32.2. The SMILES string of the molecule is CN(C)CCOC(=O)C(=O)SCCNC(=O)CCNC(=O)[C@@H]1OP(=O)(O)OCC1(C)C. The largest absolute Gasteiger partial charge is 0.472 e. The van der Waals surface area contributed by atoms with Crippen molar-refractivity contribution in [2.45, 2.75) is 26.4 Å². The minimum Gasteiger partial charge on any atom is -0.458 e. The van der Waals surface area contributed by atoms with Crippen LogP contribution >= 0.6 is 19.6 Å². The van der Waals surface area contributed by atoms with Gasteiger partial charge >= 0.3 is 13.8 Å². The molecule has 2 atom stereocenters. The van der Waals surface area contributed by atoms with Crippen LogP contribution in [0.15, 0.2) is 0 Å². The maximum atomic E-state index is 12.3. The number of hydrogen-bond acceptors (Lipinski definition) is 10. The fraction of sp³-hybridized carbons (Fsp3) is 0.765. The van der Waals surface area contributed by atoms with Crippen molar-refractivity contribution in [3.05, 3.63) is 0 Å². The van der Waals surface area contributed by atoms with Gasteiger partial charge in [0.1, 0.15) is 6.61 Å². The van der Waals surface area contributed by atoms with Crippen molar-refractivity contribution in [2.24, 2.45) is 5.41 Å². The average molecular weight is 483 g/mol. The maximum absolute atomic E-state index is 12.3. The predicted octanol–water partition coefficient (Wildman–Crippen LogP) is -0.484. The standard InChI is InChI=1S/C17H30N3O9PS/c1-17(2)11-28-30(25,26)29-13(17)14(22)19-6-5-12(21)18-7-10-31-16(24)15(23)27-9-8-20(3)4/h13H,5-11H2,1-4H3,(H,18,21)(H,19,22)(H,25,26)/t13-/m0/s1. The second-order valence-corrected chi connectivity index (χ2v) is 10.2. The molecule has 0 aliphatic carbocycles. The van der Waals surface area contributed by atoms with Crippen molar-refractivity contribution in [1.29, 1.82) is 0 Å². The number of phosphoric acid groups is 1. The van der Waals surface area contributed by atoms with Crippen LogP contribution in [0.25, 0.3) is 0 Å². The van der Waals surface area contributed by atoms with Gasteiger partial charge in [-0.1, -0.05) is 25.6 Å². The molecule has 0 bridgehead atoms. The van der Waals surface area contributed by atoms with E-state index in [0.29, 0.717) is 6.54 Å². The van der Waals surface area contributed by atoms with Gasteiger partial charge < -0.3 is 25.2 Å². The van der Waals surface area contributed by atoms with Crippen LogP contribution in [-0.2, 0) is 37.5 Å². The highest BCUT2D eigenvalue weighted by Gasteiger charge is 2.47. The third kappa shape index (κ3) is 10.6. The summed E-state index contributed by atoms with van der Waals surface area (Å²) >= 11 is 0.742. The van der Waals surface area contributed by atoms with Gasteiger partial charge in [0.15, 0.2) is 6.10 Å². The topological polar surface area (TPSA) is 161 Å². The molecule has 1 aliphatic heterocycles. The summed E-state index contributed by atoms with van der Waals surface area (Å²) in [7, 11) is -0.656. The molecular weight excluding hydrogens is 453 g/mol. The monoisotopic (exact) mass is 483 g/mol. The molecule has 14 heteroatoms. The number of thioether (sulfide) groups is 1. The Morgan fingerprint density at radius 2 is 1.90 bits per heavy atom. The maximum Gasteiger partial charge on any atom is 0.472 e. The lowest BCUT2D eigenvalue weighted by molar-refractivity contribution is -0.150. The van der Waals surface area contributed by atoms with E-state index in [-0.39, 0.29) is 44.4 Å². The van der Waals surface area contributed by atoms with Gasteiger partial charge in [0, 0.05) is 37.2 Å². The van der Waals surface area contributed by atoms with Crippen LogP contribution < -0.4 is 10.6 Å². The molecule has 178 valence electrons. The minimum atomic E-state index is -4.28. The predicted molar refractivity (Wildman–Crippen MR) is 112 cm³/mol. The van der Waals surface area contributed by atoms with Gasteiger partial charge in [-0.25, -0.2) is 9.36 Å². The number of nitrogens with zero attached hydrogens (tertiary/aromatic N) is 1. The summed E-state index contributed by atoms with van der Waals surface area (Å²) in [6, 6.07) is 0. The van der Waals surface area contributed by atoms with Crippen molar-refractivity contribution in [1.82, 2.24) is 15.5 Å². The number of hydrogen-bond donors (Lipinski definition) is 3. The van der Waals surface area contributed by atoms with E-state index in [0.717, 1.165) is 11.8 Å². The number of nitrogens with one attached hydrogen (secondary N) is 2. The molecule has 0 spiro atoms. The third-order valence-electron chi connectivity index (χ3n) is 4.03. The number of amides is 2. The van der Waals surface area contributed by atoms with Crippen LogP contribution in [0.5, 0.6) is 0 Å². The van der Waals surface area contributed by atoms with Gasteiger partial charge in [0.25, 0.3) is 5.12 Å². The summed E-state index contributed by atoms with van der Waals surface area (Å²) < 4.78 is 25.9. The molecule has 1 unspecified atom stereocenters. The number of esters is 1. The van der Waals surface area contributed by atoms with Crippen molar-refractivity contribution >= 4 is 42.5 Å². The number of carbonyl (C=O) groups excluding carboxylic acids is 4. The molecule has 1 saturated heterocycles. The highest BCUT2D eigenvalue weighted by Crippen LogP contribution is 2.52. The zero-order valence-corrected chi connectivity index (χ0v) is 19.8. The summed E-state index contributed by atoms with van der Waals surface area (Å²) in [5.74, 6) is -1.73. The van der Waals surface area contributed by atoms with Gasteiger partial charge in [0.2, 0.25) is 11.8 Å². The van der Waals surface area contributed by atoms with E-state index < -0.39 is 36.3 Å². The number of rotatable bonds is 10. The fourth-order valence-electron chi connectivity index (χ4n) is 2.29. The van der Waals surface area contributed by atoms with Gasteiger partial charge in [-0.3, -0.25) is 23.4 Å². The average Bonchev–Trinajstić information content (AvgIpc) is 2.66. The summed E-state index contributed by atoms with van der Waals surface area (Å²) in [6.07, 6.45) is -1.24. The van der Waals surface area contributed by atoms with E-state index in [1.165, 1.54) is 0 Å². The molecule has 0 aromatic rings. The molecule has 0 aromatic heterocycles. The number of ether oxygens (including phenoxy) is 1. The Bertz CT molecular complexity index is 717. The molecule has 1 fully saturated rings. The summed E-state index contributed by atoms with van der Waals surface area (Å²) in [5.41, 5.74) is -0.819.